The van der Waals surface area contributed by atoms with Crippen molar-refractivity contribution in [3.8, 4) is 0 Å². The van der Waals surface area contributed by atoms with Crippen LogP contribution in [0.25, 0.3) is 0 Å². The third-order valence-corrected chi connectivity index (χ3v) is 1.60. The summed E-state index contributed by atoms with van der Waals surface area (Å²) in [5, 5.41) is 0. The Hall–Kier alpha value is -0.350. The lowest BCUT2D eigenvalue weighted by molar-refractivity contribution is 0.175. The zero-order chi connectivity index (χ0) is 7.56. The van der Waals surface area contributed by atoms with Crippen molar-refractivity contribution in [1.82, 2.24) is 9.55 Å². The van der Waals surface area contributed by atoms with E-state index < -0.39 is 0 Å². The van der Waals surface area contributed by atoms with E-state index >= 15 is 0 Å². The van der Waals surface area contributed by atoms with Gasteiger partial charge >= 0.3 is 0 Å². The first kappa shape index (κ1) is 7.75. The predicted octanol–water partition coefficient (Wildman–Crippen LogP) is 1.33. The molecule has 0 atom stereocenters. The third-order valence-electron chi connectivity index (χ3n) is 1.22. The fraction of sp³-hybridized carbons (Fsp3) is 0.500. The van der Waals surface area contributed by atoms with Crippen molar-refractivity contribution in [2.45, 2.75) is 6.61 Å². The molecular weight excluding hydrogens is 196 g/mol. The highest BCUT2D eigenvalue weighted by Crippen LogP contribution is 2.08. The van der Waals surface area contributed by atoms with Gasteiger partial charge in [-0.25, -0.2) is 4.98 Å². The van der Waals surface area contributed by atoms with E-state index in [-0.39, 0.29) is 0 Å². The molecule has 0 aromatic carbocycles. The van der Waals surface area contributed by atoms with E-state index in [2.05, 4.69) is 20.9 Å². The average Bonchev–Trinajstić information content (AvgIpc) is 2.13. The van der Waals surface area contributed by atoms with Crippen LogP contribution in [0, 0.1) is 0 Å². The SMILES string of the molecule is COCc1nc(Br)cn1C. The second-order valence-corrected chi connectivity index (χ2v) is 2.84. The van der Waals surface area contributed by atoms with Crippen LogP contribution in [0.4, 0.5) is 0 Å². The quantitative estimate of drug-likeness (QED) is 0.728. The van der Waals surface area contributed by atoms with Crippen molar-refractivity contribution in [2.24, 2.45) is 7.05 Å². The Bertz CT molecular complexity index is 222. The second kappa shape index (κ2) is 3.16. The molecule has 0 aliphatic heterocycles. The monoisotopic (exact) mass is 204 g/mol. The van der Waals surface area contributed by atoms with Crippen LogP contribution in [0.5, 0.6) is 0 Å². The van der Waals surface area contributed by atoms with Gasteiger partial charge in [0.1, 0.15) is 17.0 Å². The zero-order valence-electron chi connectivity index (χ0n) is 5.97. The largest absolute Gasteiger partial charge is 0.377 e. The number of imidazole rings is 1. The maximum Gasteiger partial charge on any atom is 0.135 e. The van der Waals surface area contributed by atoms with E-state index in [9.17, 15) is 0 Å². The minimum Gasteiger partial charge on any atom is -0.377 e. The molecule has 0 unspecified atom stereocenters. The lowest BCUT2D eigenvalue weighted by atomic mass is 10.6. The molecule has 0 aliphatic rings. The zero-order valence-corrected chi connectivity index (χ0v) is 7.55. The summed E-state index contributed by atoms with van der Waals surface area (Å²) in [5.74, 6) is 0.925. The standard InChI is InChI=1S/C6H9BrN2O/c1-9-3-5(7)8-6(9)4-10-2/h3H,4H2,1-2H3. The molecule has 0 N–H and O–H groups in total. The van der Waals surface area contributed by atoms with E-state index in [1.54, 1.807) is 7.11 Å². The van der Waals surface area contributed by atoms with Crippen molar-refractivity contribution < 1.29 is 4.74 Å². The lowest BCUT2D eigenvalue weighted by Gasteiger charge is -1.96. The van der Waals surface area contributed by atoms with Crippen LogP contribution < -0.4 is 0 Å². The van der Waals surface area contributed by atoms with E-state index in [1.807, 2.05) is 17.8 Å². The van der Waals surface area contributed by atoms with Gasteiger partial charge in [0.2, 0.25) is 0 Å². The first-order valence-electron chi connectivity index (χ1n) is 2.90. The number of rotatable bonds is 2. The molecule has 0 spiro atoms. The molecule has 0 amide bonds. The molecule has 0 aliphatic carbocycles. The normalized spacial score (nSPS) is 10.3. The van der Waals surface area contributed by atoms with Gasteiger partial charge in [0, 0.05) is 20.4 Å². The van der Waals surface area contributed by atoms with Crippen molar-refractivity contribution in [1.29, 1.82) is 0 Å². The minimum atomic E-state index is 0.558. The molecule has 0 bridgehead atoms. The molecular formula is C6H9BrN2O. The smallest absolute Gasteiger partial charge is 0.135 e. The molecule has 1 aromatic heterocycles. The third kappa shape index (κ3) is 1.58. The highest BCUT2D eigenvalue weighted by Gasteiger charge is 2.00. The average molecular weight is 205 g/mol. The number of hydrogen-bond acceptors (Lipinski definition) is 2. The highest BCUT2D eigenvalue weighted by atomic mass is 79.9. The number of aryl methyl sites for hydroxylation is 1. The van der Waals surface area contributed by atoms with Gasteiger partial charge in [0.05, 0.1) is 0 Å². The fourth-order valence-electron chi connectivity index (χ4n) is 0.729. The molecule has 0 saturated carbocycles. The lowest BCUT2D eigenvalue weighted by Crippen LogP contribution is -1.97. The first-order valence-corrected chi connectivity index (χ1v) is 3.70. The summed E-state index contributed by atoms with van der Waals surface area (Å²) < 4.78 is 7.69. The van der Waals surface area contributed by atoms with E-state index in [4.69, 9.17) is 4.74 Å². The Balaban J connectivity index is 2.81. The van der Waals surface area contributed by atoms with Crippen LogP contribution in [-0.4, -0.2) is 16.7 Å². The van der Waals surface area contributed by atoms with Gasteiger partial charge in [-0.05, 0) is 15.9 Å². The van der Waals surface area contributed by atoms with Crippen LogP contribution in [0.3, 0.4) is 0 Å². The summed E-state index contributed by atoms with van der Waals surface area (Å²) in [6.07, 6.45) is 1.90. The van der Waals surface area contributed by atoms with E-state index in [0.29, 0.717) is 6.61 Å². The predicted molar refractivity (Wildman–Crippen MR) is 41.6 cm³/mol. The number of halogens is 1. The van der Waals surface area contributed by atoms with Crippen LogP contribution in [0.2, 0.25) is 0 Å². The van der Waals surface area contributed by atoms with Crippen molar-refractivity contribution in [2.75, 3.05) is 7.11 Å². The summed E-state index contributed by atoms with van der Waals surface area (Å²) in [7, 11) is 3.59. The molecule has 4 heteroatoms. The van der Waals surface area contributed by atoms with E-state index in [1.165, 1.54) is 0 Å². The number of hydrogen-bond donors (Lipinski definition) is 0. The summed E-state index contributed by atoms with van der Waals surface area (Å²) in [6.45, 7) is 0.558. The first-order chi connectivity index (χ1) is 4.74. The van der Waals surface area contributed by atoms with Crippen LogP contribution in [-0.2, 0) is 18.4 Å². The van der Waals surface area contributed by atoms with Crippen molar-refractivity contribution in [3.63, 3.8) is 0 Å². The molecule has 3 nitrogen and oxygen atoms in total. The van der Waals surface area contributed by atoms with Crippen LogP contribution >= 0.6 is 15.9 Å². The Morgan fingerprint density at radius 1 is 1.80 bits per heavy atom. The molecule has 56 valence electrons. The maximum absolute atomic E-state index is 4.92. The number of methoxy groups -OCH3 is 1. The topological polar surface area (TPSA) is 27.1 Å². The number of nitrogens with zero attached hydrogens (tertiary/aromatic N) is 2. The summed E-state index contributed by atoms with van der Waals surface area (Å²) in [5.41, 5.74) is 0. The molecule has 1 aromatic rings. The van der Waals surface area contributed by atoms with Crippen LogP contribution in [0.15, 0.2) is 10.8 Å². The van der Waals surface area contributed by atoms with Gasteiger partial charge in [-0.1, -0.05) is 0 Å². The van der Waals surface area contributed by atoms with Gasteiger partial charge < -0.3 is 9.30 Å². The van der Waals surface area contributed by atoms with E-state index in [0.717, 1.165) is 10.4 Å². The summed E-state index contributed by atoms with van der Waals surface area (Å²) >= 11 is 3.27. The van der Waals surface area contributed by atoms with Crippen molar-refractivity contribution in [3.05, 3.63) is 16.6 Å². The van der Waals surface area contributed by atoms with Gasteiger partial charge in [0.15, 0.2) is 0 Å². The highest BCUT2D eigenvalue weighted by molar-refractivity contribution is 9.10. The van der Waals surface area contributed by atoms with Gasteiger partial charge in [-0.15, -0.1) is 0 Å². The molecule has 0 fully saturated rings. The van der Waals surface area contributed by atoms with Crippen LogP contribution in [0.1, 0.15) is 5.82 Å². The van der Waals surface area contributed by atoms with Gasteiger partial charge in [-0.2, -0.15) is 0 Å². The Morgan fingerprint density at radius 3 is 2.90 bits per heavy atom. The molecule has 0 saturated heterocycles. The Kier molecular flexibility index (Phi) is 2.45. The Morgan fingerprint density at radius 2 is 2.50 bits per heavy atom. The number of ether oxygens (including phenoxy) is 1. The molecule has 0 radical (unpaired) electrons. The minimum absolute atomic E-state index is 0.558. The maximum atomic E-state index is 4.92. The molecule has 10 heavy (non-hydrogen) atoms. The second-order valence-electron chi connectivity index (χ2n) is 2.02. The fourth-order valence-corrected chi connectivity index (χ4v) is 1.24. The molecule has 1 rings (SSSR count). The molecule has 1 heterocycles. The van der Waals surface area contributed by atoms with Gasteiger partial charge in [0.25, 0.3) is 0 Å². The number of aromatic nitrogens is 2. The summed E-state index contributed by atoms with van der Waals surface area (Å²) in [4.78, 5) is 4.15. The van der Waals surface area contributed by atoms with Crippen molar-refractivity contribution >= 4 is 15.9 Å². The Labute approximate surface area is 68.1 Å². The summed E-state index contributed by atoms with van der Waals surface area (Å²) in [6, 6.07) is 0. The van der Waals surface area contributed by atoms with Gasteiger partial charge in [-0.3, -0.25) is 0 Å².